The second-order valence-corrected chi connectivity index (χ2v) is 10.3. The Morgan fingerprint density at radius 1 is 0.439 bits per heavy atom. The van der Waals surface area contributed by atoms with Crippen molar-refractivity contribution in [2.45, 2.75) is 0 Å². The Morgan fingerprint density at radius 2 is 1.10 bits per heavy atom. The first-order valence-corrected chi connectivity index (χ1v) is 13.8. The number of rotatable bonds is 4. The molecule has 0 bridgehead atoms. The van der Waals surface area contributed by atoms with E-state index < -0.39 is 0 Å². The highest BCUT2D eigenvalue weighted by Crippen LogP contribution is 2.37. The van der Waals surface area contributed by atoms with Gasteiger partial charge in [0.25, 0.3) is 0 Å². The first-order valence-electron chi connectivity index (χ1n) is 13.8. The maximum Gasteiger partial charge on any atom is 0.0715 e. The van der Waals surface area contributed by atoms with Gasteiger partial charge in [-0.1, -0.05) is 97.1 Å². The lowest BCUT2D eigenvalue weighted by molar-refractivity contribution is 1.18. The molecule has 5 aromatic carbocycles. The van der Waals surface area contributed by atoms with Crippen LogP contribution in [-0.2, 0) is 0 Å². The van der Waals surface area contributed by atoms with E-state index in [1.807, 2.05) is 30.6 Å². The van der Waals surface area contributed by atoms with Crippen molar-refractivity contribution in [1.82, 2.24) is 14.5 Å². The molecule has 0 fully saturated rings. The van der Waals surface area contributed by atoms with Gasteiger partial charge >= 0.3 is 0 Å². The van der Waals surface area contributed by atoms with Crippen molar-refractivity contribution < 1.29 is 0 Å². The highest BCUT2D eigenvalue weighted by molar-refractivity contribution is 6.18. The monoisotopic (exact) mass is 523 g/mol. The Bertz CT molecular complexity index is 2120. The Hall–Kier alpha value is -5.54. The third-order valence-electron chi connectivity index (χ3n) is 7.89. The second-order valence-electron chi connectivity index (χ2n) is 10.3. The fourth-order valence-electron chi connectivity index (χ4n) is 5.93. The van der Waals surface area contributed by atoms with E-state index in [0.29, 0.717) is 0 Å². The van der Waals surface area contributed by atoms with Crippen LogP contribution in [0, 0.1) is 0 Å². The number of hydrogen-bond acceptors (Lipinski definition) is 2. The molecule has 0 amide bonds. The fourth-order valence-corrected chi connectivity index (χ4v) is 5.93. The largest absolute Gasteiger partial charge is 0.309 e. The lowest BCUT2D eigenvalue weighted by atomic mass is 10.0. The molecule has 0 radical (unpaired) electrons. The van der Waals surface area contributed by atoms with Gasteiger partial charge < -0.3 is 4.57 Å². The molecule has 8 rings (SSSR count). The van der Waals surface area contributed by atoms with Crippen LogP contribution in [0.4, 0.5) is 0 Å². The van der Waals surface area contributed by atoms with Gasteiger partial charge in [-0.05, 0) is 59.0 Å². The van der Waals surface area contributed by atoms with E-state index in [0.717, 1.165) is 39.3 Å². The zero-order chi connectivity index (χ0) is 27.2. The minimum atomic E-state index is 0.942. The summed E-state index contributed by atoms with van der Waals surface area (Å²) in [5.74, 6) is 0. The predicted octanol–water partition coefficient (Wildman–Crippen LogP) is 9.73. The van der Waals surface area contributed by atoms with Gasteiger partial charge in [0.05, 0.1) is 22.4 Å². The van der Waals surface area contributed by atoms with Gasteiger partial charge in [-0.25, -0.2) is 4.98 Å². The van der Waals surface area contributed by atoms with Crippen molar-refractivity contribution >= 4 is 32.6 Å². The van der Waals surface area contributed by atoms with Crippen LogP contribution in [0.3, 0.4) is 0 Å². The van der Waals surface area contributed by atoms with E-state index in [4.69, 9.17) is 4.98 Å². The van der Waals surface area contributed by atoms with Crippen molar-refractivity contribution in [3.8, 4) is 39.3 Å². The van der Waals surface area contributed by atoms with E-state index in [1.54, 1.807) is 0 Å². The summed E-state index contributed by atoms with van der Waals surface area (Å²) >= 11 is 0. The quantitative estimate of drug-likeness (QED) is 0.230. The zero-order valence-corrected chi connectivity index (χ0v) is 22.3. The summed E-state index contributed by atoms with van der Waals surface area (Å²) in [7, 11) is 0. The summed E-state index contributed by atoms with van der Waals surface area (Å²) in [6, 6.07) is 49.4. The number of aromatic nitrogens is 3. The Kier molecular flexibility index (Phi) is 5.46. The molecule has 0 N–H and O–H groups in total. The second kappa shape index (κ2) is 9.58. The molecule has 0 unspecified atom stereocenters. The van der Waals surface area contributed by atoms with Crippen molar-refractivity contribution in [3.63, 3.8) is 0 Å². The van der Waals surface area contributed by atoms with E-state index >= 15 is 0 Å². The van der Waals surface area contributed by atoms with E-state index in [9.17, 15) is 0 Å². The summed E-state index contributed by atoms with van der Waals surface area (Å²) in [5.41, 5.74) is 9.88. The van der Waals surface area contributed by atoms with Crippen LogP contribution in [-0.4, -0.2) is 14.5 Å². The van der Waals surface area contributed by atoms with Crippen molar-refractivity contribution in [2.24, 2.45) is 0 Å². The molecule has 0 aliphatic heterocycles. The first-order chi connectivity index (χ1) is 20.3. The summed E-state index contributed by atoms with van der Waals surface area (Å²) < 4.78 is 2.40. The van der Waals surface area contributed by atoms with E-state index in [2.05, 4.69) is 131 Å². The van der Waals surface area contributed by atoms with Gasteiger partial charge in [0, 0.05) is 45.4 Å². The minimum absolute atomic E-state index is 0.942. The topological polar surface area (TPSA) is 30.7 Å². The number of para-hydroxylation sites is 1. The third-order valence-corrected chi connectivity index (χ3v) is 7.89. The zero-order valence-electron chi connectivity index (χ0n) is 22.3. The van der Waals surface area contributed by atoms with Gasteiger partial charge in [0.15, 0.2) is 0 Å². The highest BCUT2D eigenvalue weighted by atomic mass is 15.0. The van der Waals surface area contributed by atoms with Crippen LogP contribution in [0.15, 0.2) is 152 Å². The van der Waals surface area contributed by atoms with Crippen LogP contribution in [0.1, 0.15) is 0 Å². The molecular weight excluding hydrogens is 498 g/mol. The molecular formula is C38H25N3. The lowest BCUT2D eigenvalue weighted by Crippen LogP contribution is -1.95. The average Bonchev–Trinajstić information content (AvgIpc) is 3.40. The van der Waals surface area contributed by atoms with Crippen LogP contribution >= 0.6 is 0 Å². The van der Waals surface area contributed by atoms with Gasteiger partial charge in [-0.15, -0.1) is 0 Å². The van der Waals surface area contributed by atoms with E-state index in [-0.39, 0.29) is 0 Å². The molecule has 8 aromatic rings. The van der Waals surface area contributed by atoms with Gasteiger partial charge in [-0.2, -0.15) is 0 Å². The molecule has 0 saturated carbocycles. The van der Waals surface area contributed by atoms with Crippen LogP contribution < -0.4 is 0 Å². The van der Waals surface area contributed by atoms with Crippen molar-refractivity contribution in [2.75, 3.05) is 0 Å². The fraction of sp³-hybridized carbons (Fsp3) is 0. The van der Waals surface area contributed by atoms with Crippen molar-refractivity contribution in [1.29, 1.82) is 0 Å². The first kappa shape index (κ1) is 23.4. The predicted molar refractivity (Wildman–Crippen MR) is 170 cm³/mol. The minimum Gasteiger partial charge on any atom is -0.309 e. The molecule has 0 atom stereocenters. The smallest absolute Gasteiger partial charge is 0.0715 e. The Morgan fingerprint density at radius 3 is 1.88 bits per heavy atom. The lowest BCUT2D eigenvalue weighted by Gasteiger charge is -2.12. The number of fused-ring (bicyclic) bond motifs is 5. The molecule has 41 heavy (non-hydrogen) atoms. The number of pyridine rings is 2. The van der Waals surface area contributed by atoms with Gasteiger partial charge in [-0.3, -0.25) is 4.98 Å². The SMILES string of the molecule is c1ccc(-c2cc(-c3ccncc3)cc(-c3ccc(-n4c5ccccc5c5ccc6ccccc6c54)cc3)n2)cc1. The molecule has 0 saturated heterocycles. The average molecular weight is 524 g/mol. The van der Waals surface area contributed by atoms with Crippen LogP contribution in [0.25, 0.3) is 71.9 Å². The molecule has 3 aromatic heterocycles. The normalized spacial score (nSPS) is 11.4. The summed E-state index contributed by atoms with van der Waals surface area (Å²) in [5, 5.41) is 5.02. The number of nitrogens with zero attached hydrogens (tertiary/aromatic N) is 3. The molecule has 0 aliphatic rings. The summed E-state index contributed by atoms with van der Waals surface area (Å²) in [4.78, 5) is 9.32. The molecule has 192 valence electrons. The van der Waals surface area contributed by atoms with Gasteiger partial charge in [0.1, 0.15) is 0 Å². The molecule has 3 heteroatoms. The standard InChI is InChI=1S/C38H25N3/c1-2-9-28(10-3-1)35-24-30(26-20-22-39-23-21-26)25-36(40-35)29-14-17-31(18-15-29)41-37-13-7-6-12-33(37)34-19-16-27-8-4-5-11-32(27)38(34)41/h1-25H. The number of hydrogen-bond donors (Lipinski definition) is 0. The molecule has 3 nitrogen and oxygen atoms in total. The Balaban J connectivity index is 1.31. The Labute approximate surface area is 238 Å². The molecule has 3 heterocycles. The van der Waals surface area contributed by atoms with Crippen LogP contribution in [0.5, 0.6) is 0 Å². The summed E-state index contributed by atoms with van der Waals surface area (Å²) in [6.07, 6.45) is 3.67. The van der Waals surface area contributed by atoms with Crippen molar-refractivity contribution in [3.05, 3.63) is 152 Å². The summed E-state index contributed by atoms with van der Waals surface area (Å²) in [6.45, 7) is 0. The van der Waals surface area contributed by atoms with Gasteiger partial charge in [0.2, 0.25) is 0 Å². The maximum atomic E-state index is 5.11. The van der Waals surface area contributed by atoms with Crippen LogP contribution in [0.2, 0.25) is 0 Å². The highest BCUT2D eigenvalue weighted by Gasteiger charge is 2.15. The molecule has 0 spiro atoms. The number of benzene rings is 5. The van der Waals surface area contributed by atoms with E-state index in [1.165, 1.54) is 32.6 Å². The third kappa shape index (κ3) is 3.98. The maximum absolute atomic E-state index is 5.11. The molecule has 0 aliphatic carbocycles.